The molecule has 0 aromatic carbocycles. The van der Waals surface area contributed by atoms with Gasteiger partial charge in [0.05, 0.1) is 0 Å². The molecule has 0 aliphatic carbocycles. The Balaban J connectivity index is 1.73. The van der Waals surface area contributed by atoms with Crippen LogP contribution in [0.1, 0.15) is 25.6 Å². The van der Waals surface area contributed by atoms with Crippen molar-refractivity contribution in [3.05, 3.63) is 12.2 Å². The van der Waals surface area contributed by atoms with Gasteiger partial charge in [-0.25, -0.2) is 4.79 Å². The Kier molecular flexibility index (Phi) is 4.17. The molecule has 1 aromatic heterocycles. The van der Waals surface area contributed by atoms with E-state index in [1.54, 1.807) is 6.33 Å². The second-order valence-corrected chi connectivity index (χ2v) is 5.03. The third kappa shape index (κ3) is 3.21. The Hall–Kier alpha value is -1.59. The molecule has 1 saturated heterocycles. The molecule has 6 nitrogen and oxygen atoms in total. The molecule has 2 heterocycles. The number of rotatable bonds is 3. The van der Waals surface area contributed by atoms with E-state index >= 15 is 0 Å². The van der Waals surface area contributed by atoms with Crippen molar-refractivity contribution in [1.82, 2.24) is 25.0 Å². The number of urea groups is 1. The molecule has 1 aliphatic heterocycles. The summed E-state index contributed by atoms with van der Waals surface area (Å²) in [6.07, 6.45) is 4.72. The molecular formula is C12H21N5O. The van der Waals surface area contributed by atoms with E-state index in [-0.39, 0.29) is 6.03 Å². The number of nitrogens with one attached hydrogen (secondary N) is 1. The summed E-state index contributed by atoms with van der Waals surface area (Å²) >= 11 is 0. The van der Waals surface area contributed by atoms with E-state index in [2.05, 4.69) is 22.4 Å². The minimum absolute atomic E-state index is 0.0451. The topological polar surface area (TPSA) is 63.1 Å². The first-order chi connectivity index (χ1) is 8.66. The molecule has 0 bridgehead atoms. The Morgan fingerprint density at radius 3 is 3.11 bits per heavy atom. The summed E-state index contributed by atoms with van der Waals surface area (Å²) in [5.74, 6) is 1.51. The van der Waals surface area contributed by atoms with Gasteiger partial charge in [-0.3, -0.25) is 0 Å². The van der Waals surface area contributed by atoms with Crippen LogP contribution in [-0.4, -0.2) is 45.3 Å². The second kappa shape index (κ2) is 5.84. The molecule has 1 N–H and O–H groups in total. The van der Waals surface area contributed by atoms with E-state index in [0.717, 1.165) is 25.3 Å². The molecule has 0 spiro atoms. The third-order valence-corrected chi connectivity index (χ3v) is 3.37. The van der Waals surface area contributed by atoms with Crippen LogP contribution in [0.3, 0.4) is 0 Å². The van der Waals surface area contributed by atoms with Crippen molar-refractivity contribution in [1.29, 1.82) is 0 Å². The van der Waals surface area contributed by atoms with E-state index in [4.69, 9.17) is 0 Å². The molecule has 1 aliphatic rings. The summed E-state index contributed by atoms with van der Waals surface area (Å²) < 4.78 is 1.87. The summed E-state index contributed by atoms with van der Waals surface area (Å²) in [4.78, 5) is 13.8. The number of hydrogen-bond acceptors (Lipinski definition) is 3. The van der Waals surface area contributed by atoms with Crippen molar-refractivity contribution in [3.8, 4) is 0 Å². The smallest absolute Gasteiger partial charge is 0.317 e. The maximum absolute atomic E-state index is 11.9. The van der Waals surface area contributed by atoms with Gasteiger partial charge in [0.2, 0.25) is 0 Å². The number of likely N-dealkylation sites (tertiary alicyclic amines) is 1. The van der Waals surface area contributed by atoms with Crippen LogP contribution < -0.4 is 5.32 Å². The molecule has 6 heteroatoms. The zero-order chi connectivity index (χ0) is 13.0. The van der Waals surface area contributed by atoms with Crippen LogP contribution in [0.15, 0.2) is 6.33 Å². The summed E-state index contributed by atoms with van der Waals surface area (Å²) in [5, 5.41) is 10.7. The third-order valence-electron chi connectivity index (χ3n) is 3.37. The molecule has 2 rings (SSSR count). The molecule has 0 saturated carbocycles. The quantitative estimate of drug-likeness (QED) is 0.864. The fourth-order valence-corrected chi connectivity index (χ4v) is 2.30. The highest BCUT2D eigenvalue weighted by molar-refractivity contribution is 5.74. The van der Waals surface area contributed by atoms with Crippen LogP contribution in [0.5, 0.6) is 0 Å². The van der Waals surface area contributed by atoms with Crippen molar-refractivity contribution >= 4 is 6.03 Å². The van der Waals surface area contributed by atoms with Crippen molar-refractivity contribution in [2.24, 2.45) is 13.0 Å². The summed E-state index contributed by atoms with van der Waals surface area (Å²) in [6.45, 7) is 4.55. The Morgan fingerprint density at radius 1 is 1.61 bits per heavy atom. The summed E-state index contributed by atoms with van der Waals surface area (Å²) in [7, 11) is 1.91. The lowest BCUT2D eigenvalue weighted by atomic mass is 10.0. The molecule has 2 amide bonds. The first-order valence-corrected chi connectivity index (χ1v) is 6.52. The van der Waals surface area contributed by atoms with E-state index in [1.165, 1.54) is 6.42 Å². The van der Waals surface area contributed by atoms with Gasteiger partial charge in [0, 0.05) is 33.1 Å². The molecule has 18 heavy (non-hydrogen) atoms. The van der Waals surface area contributed by atoms with Gasteiger partial charge in [-0.1, -0.05) is 6.92 Å². The summed E-state index contributed by atoms with van der Waals surface area (Å²) in [5.41, 5.74) is 0. The Bertz CT molecular complexity index is 403. The number of piperidine rings is 1. The monoisotopic (exact) mass is 251 g/mol. The van der Waals surface area contributed by atoms with E-state index in [1.807, 2.05) is 16.5 Å². The Morgan fingerprint density at radius 2 is 2.44 bits per heavy atom. The lowest BCUT2D eigenvalue weighted by Crippen LogP contribution is -2.45. The van der Waals surface area contributed by atoms with Gasteiger partial charge >= 0.3 is 6.03 Å². The number of nitrogens with zero attached hydrogens (tertiary/aromatic N) is 4. The van der Waals surface area contributed by atoms with Crippen LogP contribution in [-0.2, 0) is 13.5 Å². The van der Waals surface area contributed by atoms with Crippen LogP contribution in [0.2, 0.25) is 0 Å². The molecule has 0 radical (unpaired) electrons. The zero-order valence-electron chi connectivity index (χ0n) is 11.1. The highest BCUT2D eigenvalue weighted by Gasteiger charge is 2.20. The van der Waals surface area contributed by atoms with E-state index in [9.17, 15) is 4.79 Å². The molecule has 1 atom stereocenters. The van der Waals surface area contributed by atoms with Gasteiger partial charge in [0.15, 0.2) is 0 Å². The van der Waals surface area contributed by atoms with Gasteiger partial charge in [-0.2, -0.15) is 0 Å². The van der Waals surface area contributed by atoms with Gasteiger partial charge in [-0.05, 0) is 18.8 Å². The Labute approximate surface area is 107 Å². The van der Waals surface area contributed by atoms with Crippen molar-refractivity contribution in [2.75, 3.05) is 19.6 Å². The maximum atomic E-state index is 11.9. The average molecular weight is 251 g/mol. The molecular weight excluding hydrogens is 230 g/mol. The van der Waals surface area contributed by atoms with Crippen LogP contribution in [0, 0.1) is 5.92 Å². The molecule has 1 fully saturated rings. The SMILES string of the molecule is CC1CCCN(C(=O)NCCc2nncn2C)C1. The van der Waals surface area contributed by atoms with Gasteiger partial charge in [0.25, 0.3) is 0 Å². The number of carbonyl (C=O) groups excluding carboxylic acids is 1. The molecule has 1 unspecified atom stereocenters. The van der Waals surface area contributed by atoms with Crippen molar-refractivity contribution < 1.29 is 4.79 Å². The number of amides is 2. The molecule has 100 valence electrons. The summed E-state index contributed by atoms with van der Waals surface area (Å²) in [6, 6.07) is 0.0451. The van der Waals surface area contributed by atoms with Crippen molar-refractivity contribution in [2.45, 2.75) is 26.2 Å². The minimum atomic E-state index is 0.0451. The number of aromatic nitrogens is 3. The van der Waals surface area contributed by atoms with E-state index in [0.29, 0.717) is 18.9 Å². The fourth-order valence-electron chi connectivity index (χ4n) is 2.30. The first kappa shape index (κ1) is 12.9. The normalized spacial score (nSPS) is 19.9. The van der Waals surface area contributed by atoms with Crippen LogP contribution >= 0.6 is 0 Å². The number of hydrogen-bond donors (Lipinski definition) is 1. The molecule has 1 aromatic rings. The van der Waals surface area contributed by atoms with E-state index < -0.39 is 0 Å². The standard InChI is InChI=1S/C12H21N5O/c1-10-4-3-7-17(8-10)12(18)13-6-5-11-15-14-9-16(11)2/h9-10H,3-8H2,1-2H3,(H,13,18). The number of aryl methyl sites for hydroxylation is 1. The van der Waals surface area contributed by atoms with Crippen LogP contribution in [0.4, 0.5) is 4.79 Å². The first-order valence-electron chi connectivity index (χ1n) is 6.52. The predicted molar refractivity (Wildman–Crippen MR) is 68.1 cm³/mol. The second-order valence-electron chi connectivity index (χ2n) is 5.03. The fraction of sp³-hybridized carbons (Fsp3) is 0.750. The van der Waals surface area contributed by atoms with Gasteiger partial charge in [-0.15, -0.1) is 10.2 Å². The van der Waals surface area contributed by atoms with Gasteiger partial charge < -0.3 is 14.8 Å². The van der Waals surface area contributed by atoms with Crippen molar-refractivity contribution in [3.63, 3.8) is 0 Å². The average Bonchev–Trinajstić information content (AvgIpc) is 2.75. The zero-order valence-corrected chi connectivity index (χ0v) is 11.1. The lowest BCUT2D eigenvalue weighted by molar-refractivity contribution is 0.170. The predicted octanol–water partition coefficient (Wildman–Crippen LogP) is 0.799. The largest absolute Gasteiger partial charge is 0.338 e. The lowest BCUT2D eigenvalue weighted by Gasteiger charge is -2.30. The van der Waals surface area contributed by atoms with Gasteiger partial charge in [0.1, 0.15) is 12.2 Å². The maximum Gasteiger partial charge on any atom is 0.317 e. The minimum Gasteiger partial charge on any atom is -0.338 e. The highest BCUT2D eigenvalue weighted by atomic mass is 16.2. The number of carbonyl (C=O) groups is 1. The van der Waals surface area contributed by atoms with Crippen LogP contribution in [0.25, 0.3) is 0 Å². The highest BCUT2D eigenvalue weighted by Crippen LogP contribution is 2.15.